The first-order valence-electron chi connectivity index (χ1n) is 9.25. The quantitative estimate of drug-likeness (QED) is 0.720. The summed E-state index contributed by atoms with van der Waals surface area (Å²) in [6, 6.07) is 1.65. The number of amides is 1. The van der Waals surface area contributed by atoms with Crippen LogP contribution in [-0.2, 0) is 9.53 Å². The second-order valence-corrected chi connectivity index (χ2v) is 7.79. The molecule has 0 unspecified atom stereocenters. The van der Waals surface area contributed by atoms with Crippen molar-refractivity contribution in [1.29, 1.82) is 0 Å². The van der Waals surface area contributed by atoms with E-state index < -0.39 is 0 Å². The van der Waals surface area contributed by atoms with E-state index in [0.717, 1.165) is 32.6 Å². The van der Waals surface area contributed by atoms with Crippen molar-refractivity contribution in [1.82, 2.24) is 15.0 Å². The third-order valence-electron chi connectivity index (χ3n) is 4.53. The fourth-order valence-electron chi connectivity index (χ4n) is 2.79. The number of nitrogens with zero attached hydrogens (tertiary/aromatic N) is 3. The van der Waals surface area contributed by atoms with E-state index in [9.17, 15) is 4.79 Å². The monoisotopic (exact) mass is 423 g/mol. The molecule has 28 heavy (non-hydrogen) atoms. The maximum absolute atomic E-state index is 11.9. The summed E-state index contributed by atoms with van der Waals surface area (Å²) >= 11 is 12.6. The Morgan fingerprint density at radius 1 is 1.21 bits per heavy atom. The molecule has 7 nitrogen and oxygen atoms in total. The Labute approximate surface area is 174 Å². The molecule has 1 aliphatic heterocycles. The van der Waals surface area contributed by atoms with Gasteiger partial charge in [-0.2, -0.15) is 0 Å². The van der Waals surface area contributed by atoms with Crippen LogP contribution in [0.15, 0.2) is 18.5 Å². The molecule has 3 rings (SSSR count). The van der Waals surface area contributed by atoms with Gasteiger partial charge in [-0.3, -0.25) is 4.79 Å². The average Bonchev–Trinajstić information content (AvgIpc) is 2.69. The second kappa shape index (κ2) is 9.49. The van der Waals surface area contributed by atoms with E-state index in [0.29, 0.717) is 33.8 Å². The van der Waals surface area contributed by atoms with Gasteiger partial charge in [0.05, 0.1) is 11.2 Å². The smallest absolute Gasteiger partial charge is 0.228 e. The topological polar surface area (TPSA) is 89.0 Å². The second-order valence-electron chi connectivity index (χ2n) is 7.02. The van der Waals surface area contributed by atoms with Crippen molar-refractivity contribution in [3.63, 3.8) is 0 Å². The van der Waals surface area contributed by atoms with Crippen LogP contribution in [0.1, 0.15) is 26.7 Å². The summed E-state index contributed by atoms with van der Waals surface area (Å²) < 4.78 is 5.39. The Kier molecular flexibility index (Phi) is 7.04. The number of carbonyl (C=O) groups excluding carboxylic acids is 1. The molecular formula is C19H23Cl2N5O2. The van der Waals surface area contributed by atoms with Crippen molar-refractivity contribution in [3.05, 3.63) is 28.6 Å². The third-order valence-corrected chi connectivity index (χ3v) is 5.10. The van der Waals surface area contributed by atoms with Gasteiger partial charge in [-0.25, -0.2) is 15.0 Å². The molecule has 3 heterocycles. The van der Waals surface area contributed by atoms with Crippen molar-refractivity contribution in [2.24, 2.45) is 11.8 Å². The first kappa shape index (κ1) is 20.8. The zero-order chi connectivity index (χ0) is 20.1. The van der Waals surface area contributed by atoms with E-state index in [4.69, 9.17) is 27.9 Å². The van der Waals surface area contributed by atoms with Gasteiger partial charge in [-0.05, 0) is 24.8 Å². The summed E-state index contributed by atoms with van der Waals surface area (Å²) in [6.07, 6.45) is 5.11. The number of nitrogens with one attached hydrogen (secondary N) is 2. The molecule has 0 aliphatic carbocycles. The largest absolute Gasteiger partial charge is 0.381 e. The SMILES string of the molecule is CC(C)C(=O)Nc1cc(-c2nc(NCC3CCOCC3)cnc2Cl)c(Cl)cn1. The van der Waals surface area contributed by atoms with Gasteiger partial charge in [-0.15, -0.1) is 0 Å². The molecule has 2 aromatic rings. The van der Waals surface area contributed by atoms with Crippen LogP contribution >= 0.6 is 23.2 Å². The Morgan fingerprint density at radius 2 is 1.96 bits per heavy atom. The number of carbonyl (C=O) groups is 1. The van der Waals surface area contributed by atoms with Crippen LogP contribution in [0.5, 0.6) is 0 Å². The highest BCUT2D eigenvalue weighted by atomic mass is 35.5. The number of hydrogen-bond donors (Lipinski definition) is 2. The first-order valence-corrected chi connectivity index (χ1v) is 10.0. The highest BCUT2D eigenvalue weighted by Crippen LogP contribution is 2.32. The summed E-state index contributed by atoms with van der Waals surface area (Å²) in [7, 11) is 0. The van der Waals surface area contributed by atoms with E-state index in [-0.39, 0.29) is 17.0 Å². The van der Waals surface area contributed by atoms with E-state index >= 15 is 0 Å². The van der Waals surface area contributed by atoms with E-state index in [1.54, 1.807) is 12.3 Å². The van der Waals surface area contributed by atoms with Crippen LogP contribution in [0.2, 0.25) is 10.2 Å². The summed E-state index contributed by atoms with van der Waals surface area (Å²) in [5.41, 5.74) is 0.994. The van der Waals surface area contributed by atoms with Crippen molar-refractivity contribution >= 4 is 40.7 Å². The van der Waals surface area contributed by atoms with Crippen LogP contribution in [0, 0.1) is 11.8 Å². The first-order chi connectivity index (χ1) is 13.4. The zero-order valence-electron chi connectivity index (χ0n) is 15.8. The fourth-order valence-corrected chi connectivity index (χ4v) is 3.18. The van der Waals surface area contributed by atoms with Crippen LogP contribution in [-0.4, -0.2) is 40.6 Å². The number of anilines is 2. The molecule has 2 aromatic heterocycles. The third kappa shape index (κ3) is 5.31. The predicted octanol–water partition coefficient (Wildman–Crippen LogP) is 4.28. The van der Waals surface area contributed by atoms with Gasteiger partial charge in [-0.1, -0.05) is 37.0 Å². The van der Waals surface area contributed by atoms with Gasteiger partial charge in [0.15, 0.2) is 5.15 Å². The summed E-state index contributed by atoms with van der Waals surface area (Å²) in [5, 5.41) is 6.67. The zero-order valence-corrected chi connectivity index (χ0v) is 17.3. The van der Waals surface area contributed by atoms with Crippen molar-refractivity contribution in [3.8, 4) is 11.3 Å². The van der Waals surface area contributed by atoms with Gasteiger partial charge in [0.1, 0.15) is 17.3 Å². The molecule has 1 fully saturated rings. The lowest BCUT2D eigenvalue weighted by Crippen LogP contribution is -2.23. The molecule has 0 aromatic carbocycles. The van der Waals surface area contributed by atoms with Gasteiger partial charge < -0.3 is 15.4 Å². The molecule has 0 atom stereocenters. The van der Waals surface area contributed by atoms with Crippen LogP contribution in [0.3, 0.4) is 0 Å². The summed E-state index contributed by atoms with van der Waals surface area (Å²) in [5.74, 6) is 1.24. The van der Waals surface area contributed by atoms with Crippen LogP contribution < -0.4 is 10.6 Å². The lowest BCUT2D eigenvalue weighted by Gasteiger charge is -2.22. The number of halogens is 2. The molecule has 1 aliphatic rings. The minimum atomic E-state index is -0.165. The Bertz CT molecular complexity index is 841. The molecule has 1 saturated heterocycles. The molecule has 2 N–H and O–H groups in total. The number of hydrogen-bond acceptors (Lipinski definition) is 6. The minimum absolute atomic E-state index is 0.134. The van der Waals surface area contributed by atoms with Gasteiger partial charge in [0.2, 0.25) is 5.91 Å². The van der Waals surface area contributed by atoms with E-state index in [1.165, 1.54) is 6.20 Å². The van der Waals surface area contributed by atoms with Crippen molar-refractivity contribution in [2.75, 3.05) is 30.4 Å². The number of ether oxygens (including phenoxy) is 1. The van der Waals surface area contributed by atoms with Gasteiger partial charge >= 0.3 is 0 Å². The molecule has 0 radical (unpaired) electrons. The summed E-state index contributed by atoms with van der Waals surface area (Å²) in [6.45, 7) is 5.99. The molecule has 0 spiro atoms. The highest BCUT2D eigenvalue weighted by molar-refractivity contribution is 6.35. The molecule has 1 amide bonds. The van der Waals surface area contributed by atoms with Crippen LogP contribution in [0.4, 0.5) is 11.6 Å². The average molecular weight is 424 g/mol. The molecule has 9 heteroatoms. The summed E-state index contributed by atoms with van der Waals surface area (Å²) in [4.78, 5) is 24.9. The van der Waals surface area contributed by atoms with E-state index in [1.807, 2.05) is 13.8 Å². The fraction of sp³-hybridized carbons (Fsp3) is 0.474. The highest BCUT2D eigenvalue weighted by Gasteiger charge is 2.17. The van der Waals surface area contributed by atoms with E-state index in [2.05, 4.69) is 25.6 Å². The Morgan fingerprint density at radius 3 is 2.68 bits per heavy atom. The molecule has 150 valence electrons. The number of aromatic nitrogens is 3. The molecule has 0 bridgehead atoms. The maximum atomic E-state index is 11.9. The lowest BCUT2D eigenvalue weighted by molar-refractivity contribution is -0.118. The maximum Gasteiger partial charge on any atom is 0.228 e. The van der Waals surface area contributed by atoms with Crippen molar-refractivity contribution in [2.45, 2.75) is 26.7 Å². The number of rotatable bonds is 6. The van der Waals surface area contributed by atoms with Gasteiger partial charge in [0.25, 0.3) is 0 Å². The Balaban J connectivity index is 1.80. The minimum Gasteiger partial charge on any atom is -0.381 e. The van der Waals surface area contributed by atoms with Crippen molar-refractivity contribution < 1.29 is 9.53 Å². The Hall–Kier alpha value is -1.96. The standard InChI is InChI=1S/C19H23Cl2N5O2/c1-11(2)19(27)26-15-7-13(14(20)9-23-15)17-18(21)24-10-16(25-17)22-8-12-3-5-28-6-4-12/h7,9-12H,3-6,8H2,1-2H3,(H,22,25)(H,23,26,27). The van der Waals surface area contributed by atoms with Gasteiger partial charge in [0, 0.05) is 37.4 Å². The molecule has 0 saturated carbocycles. The molecular weight excluding hydrogens is 401 g/mol. The lowest BCUT2D eigenvalue weighted by atomic mass is 10.0. The van der Waals surface area contributed by atoms with Crippen LogP contribution in [0.25, 0.3) is 11.3 Å². The number of pyridine rings is 1. The predicted molar refractivity (Wildman–Crippen MR) is 111 cm³/mol. The normalized spacial score (nSPS) is 14.9.